The highest BCUT2D eigenvalue weighted by atomic mass is 32.2. The molecule has 0 unspecified atom stereocenters. The highest BCUT2D eigenvalue weighted by Gasteiger charge is 2.34. The van der Waals surface area contributed by atoms with E-state index in [-0.39, 0.29) is 5.41 Å². The van der Waals surface area contributed by atoms with Crippen molar-refractivity contribution in [3.8, 4) is 0 Å². The molecule has 0 aromatic heterocycles. The van der Waals surface area contributed by atoms with E-state index in [0.717, 1.165) is 25.7 Å². The van der Waals surface area contributed by atoms with Crippen LogP contribution in [0.3, 0.4) is 0 Å². The fraction of sp³-hybridized carbons (Fsp3) is 0.625. The van der Waals surface area contributed by atoms with Gasteiger partial charge in [0.05, 0.1) is 4.90 Å². The molecule has 0 saturated carbocycles. The van der Waals surface area contributed by atoms with Gasteiger partial charge in [-0.15, -0.1) is 0 Å². The van der Waals surface area contributed by atoms with Crippen LogP contribution in [0.15, 0.2) is 29.2 Å². The zero-order chi connectivity index (χ0) is 15.5. The number of rotatable bonds is 5. The first-order valence-electron chi connectivity index (χ1n) is 7.70. The monoisotopic (exact) mass is 310 g/mol. The molecule has 1 fully saturated rings. The quantitative estimate of drug-likeness (QED) is 0.908. The van der Waals surface area contributed by atoms with Crippen molar-refractivity contribution in [1.82, 2.24) is 4.31 Å². The van der Waals surface area contributed by atoms with Gasteiger partial charge in [-0.3, -0.25) is 0 Å². The van der Waals surface area contributed by atoms with E-state index in [1.165, 1.54) is 5.56 Å². The van der Waals surface area contributed by atoms with E-state index in [2.05, 4.69) is 13.8 Å². The largest absolute Gasteiger partial charge is 0.330 e. The van der Waals surface area contributed by atoms with Crippen molar-refractivity contribution in [2.24, 2.45) is 11.1 Å². The van der Waals surface area contributed by atoms with Gasteiger partial charge in [0.15, 0.2) is 0 Å². The molecule has 118 valence electrons. The van der Waals surface area contributed by atoms with Gasteiger partial charge in [0.25, 0.3) is 0 Å². The van der Waals surface area contributed by atoms with Crippen LogP contribution in [-0.2, 0) is 16.4 Å². The Morgan fingerprint density at radius 1 is 1.19 bits per heavy atom. The molecular formula is C16H26N2O2S. The Morgan fingerprint density at radius 2 is 1.76 bits per heavy atom. The Bertz CT molecular complexity index is 558. The van der Waals surface area contributed by atoms with Crippen LogP contribution >= 0.6 is 0 Å². The molecule has 1 aliphatic rings. The molecule has 1 heterocycles. The number of nitrogens with zero attached hydrogens (tertiary/aromatic N) is 1. The molecule has 0 spiro atoms. The van der Waals surface area contributed by atoms with Gasteiger partial charge in [-0.1, -0.05) is 32.4 Å². The summed E-state index contributed by atoms with van der Waals surface area (Å²) < 4.78 is 26.9. The molecule has 0 amide bonds. The predicted molar refractivity (Wildman–Crippen MR) is 85.6 cm³/mol. The van der Waals surface area contributed by atoms with E-state index in [4.69, 9.17) is 5.73 Å². The lowest BCUT2D eigenvalue weighted by molar-refractivity contribution is 0.183. The highest BCUT2D eigenvalue weighted by Crippen LogP contribution is 2.32. The maximum absolute atomic E-state index is 12.7. The maximum Gasteiger partial charge on any atom is 0.243 e. The van der Waals surface area contributed by atoms with Crippen LogP contribution in [0.2, 0.25) is 0 Å². The molecule has 5 heteroatoms. The minimum Gasteiger partial charge on any atom is -0.330 e. The molecule has 0 bridgehead atoms. The molecule has 0 atom stereocenters. The molecule has 21 heavy (non-hydrogen) atoms. The molecule has 0 radical (unpaired) electrons. The molecule has 1 aromatic carbocycles. The number of sulfonamides is 1. The predicted octanol–water partition coefficient (Wildman–Crippen LogP) is 2.39. The SMILES string of the molecule is CCCc1ccc(S(=O)(=O)N2CCC(C)(CN)CC2)cc1. The standard InChI is InChI=1S/C16H26N2O2S/c1-3-4-14-5-7-15(8-6-14)21(19,20)18-11-9-16(2,13-17)10-12-18/h5-8H,3-4,9-13,17H2,1-2H3. The van der Waals surface area contributed by atoms with Crippen LogP contribution in [0, 0.1) is 5.41 Å². The summed E-state index contributed by atoms with van der Waals surface area (Å²) in [4.78, 5) is 0.402. The van der Waals surface area contributed by atoms with Gasteiger partial charge < -0.3 is 5.73 Å². The fourth-order valence-corrected chi connectivity index (χ4v) is 4.18. The number of hydrogen-bond acceptors (Lipinski definition) is 3. The van der Waals surface area contributed by atoms with Crippen molar-refractivity contribution < 1.29 is 8.42 Å². The van der Waals surface area contributed by atoms with E-state index in [1.807, 2.05) is 12.1 Å². The van der Waals surface area contributed by atoms with Crippen molar-refractivity contribution in [1.29, 1.82) is 0 Å². The van der Waals surface area contributed by atoms with Crippen molar-refractivity contribution in [3.05, 3.63) is 29.8 Å². The number of hydrogen-bond donors (Lipinski definition) is 1. The maximum atomic E-state index is 12.7. The molecule has 2 N–H and O–H groups in total. The lowest BCUT2D eigenvalue weighted by Gasteiger charge is -2.37. The average molecular weight is 310 g/mol. The van der Waals surface area contributed by atoms with Crippen molar-refractivity contribution >= 4 is 10.0 Å². The fourth-order valence-electron chi connectivity index (χ4n) is 2.74. The molecular weight excluding hydrogens is 284 g/mol. The molecule has 0 aliphatic carbocycles. The van der Waals surface area contributed by atoms with E-state index in [9.17, 15) is 8.42 Å². The second-order valence-corrected chi connectivity index (χ2v) is 8.25. The summed E-state index contributed by atoms with van der Waals surface area (Å²) in [5.41, 5.74) is 7.05. The first-order chi connectivity index (χ1) is 9.91. The van der Waals surface area contributed by atoms with Crippen LogP contribution < -0.4 is 5.73 Å². The van der Waals surface area contributed by atoms with Gasteiger partial charge in [-0.25, -0.2) is 8.42 Å². The average Bonchev–Trinajstić information content (AvgIpc) is 2.49. The third-order valence-electron chi connectivity index (χ3n) is 4.52. The van der Waals surface area contributed by atoms with Crippen molar-refractivity contribution in [3.63, 3.8) is 0 Å². The molecule has 1 aliphatic heterocycles. The van der Waals surface area contributed by atoms with Crippen LogP contribution in [0.4, 0.5) is 0 Å². The number of piperidine rings is 1. The summed E-state index contributed by atoms with van der Waals surface area (Å²) in [7, 11) is -3.36. The van der Waals surface area contributed by atoms with E-state index in [1.54, 1.807) is 16.4 Å². The summed E-state index contributed by atoms with van der Waals surface area (Å²) in [5.74, 6) is 0. The van der Waals surface area contributed by atoms with Gasteiger partial charge in [0.1, 0.15) is 0 Å². The van der Waals surface area contributed by atoms with E-state index < -0.39 is 10.0 Å². The Hall–Kier alpha value is -0.910. The van der Waals surface area contributed by atoms with Gasteiger partial charge in [-0.2, -0.15) is 4.31 Å². The lowest BCUT2D eigenvalue weighted by atomic mass is 9.81. The van der Waals surface area contributed by atoms with Crippen molar-refractivity contribution in [2.45, 2.75) is 44.4 Å². The number of aryl methyl sites for hydroxylation is 1. The Labute approximate surface area is 128 Å². The molecule has 4 nitrogen and oxygen atoms in total. The number of benzene rings is 1. The van der Waals surface area contributed by atoms with Crippen LogP contribution in [-0.4, -0.2) is 32.4 Å². The summed E-state index contributed by atoms with van der Waals surface area (Å²) in [6.45, 7) is 6.00. The lowest BCUT2D eigenvalue weighted by Crippen LogP contribution is -2.44. The van der Waals surface area contributed by atoms with Gasteiger partial charge >= 0.3 is 0 Å². The van der Waals surface area contributed by atoms with E-state index in [0.29, 0.717) is 24.5 Å². The van der Waals surface area contributed by atoms with Crippen LogP contribution in [0.5, 0.6) is 0 Å². The van der Waals surface area contributed by atoms with Gasteiger partial charge in [-0.05, 0) is 48.9 Å². The third kappa shape index (κ3) is 3.65. The topological polar surface area (TPSA) is 63.4 Å². The van der Waals surface area contributed by atoms with Crippen LogP contribution in [0.25, 0.3) is 0 Å². The van der Waals surface area contributed by atoms with E-state index >= 15 is 0 Å². The second-order valence-electron chi connectivity index (χ2n) is 6.31. The minimum absolute atomic E-state index is 0.0804. The summed E-state index contributed by atoms with van der Waals surface area (Å²) in [5, 5.41) is 0. The molecule has 2 rings (SSSR count). The smallest absolute Gasteiger partial charge is 0.243 e. The van der Waals surface area contributed by atoms with Gasteiger partial charge in [0.2, 0.25) is 10.0 Å². The first-order valence-corrected chi connectivity index (χ1v) is 9.14. The third-order valence-corrected chi connectivity index (χ3v) is 6.43. The Kier molecular flexibility index (Phi) is 5.07. The summed E-state index contributed by atoms with van der Waals surface area (Å²) in [6, 6.07) is 7.31. The summed E-state index contributed by atoms with van der Waals surface area (Å²) in [6.07, 6.45) is 3.71. The second kappa shape index (κ2) is 6.46. The zero-order valence-electron chi connectivity index (χ0n) is 13.0. The normalized spacial score (nSPS) is 19.6. The number of nitrogens with two attached hydrogens (primary N) is 1. The van der Waals surface area contributed by atoms with Crippen molar-refractivity contribution in [2.75, 3.05) is 19.6 Å². The minimum atomic E-state index is -3.36. The Morgan fingerprint density at radius 3 is 2.24 bits per heavy atom. The molecule has 1 aromatic rings. The first kappa shape index (κ1) is 16.5. The highest BCUT2D eigenvalue weighted by molar-refractivity contribution is 7.89. The Balaban J connectivity index is 2.12. The van der Waals surface area contributed by atoms with Crippen LogP contribution in [0.1, 0.15) is 38.7 Å². The van der Waals surface area contributed by atoms with Gasteiger partial charge in [0, 0.05) is 13.1 Å². The summed E-state index contributed by atoms with van der Waals surface area (Å²) >= 11 is 0. The molecule has 1 saturated heterocycles. The zero-order valence-corrected chi connectivity index (χ0v) is 13.8.